The van der Waals surface area contributed by atoms with Gasteiger partial charge < -0.3 is 4.90 Å². The van der Waals surface area contributed by atoms with E-state index in [1.54, 1.807) is 34.6 Å². The first-order chi connectivity index (χ1) is 15.7. The van der Waals surface area contributed by atoms with Crippen LogP contribution in [0.2, 0.25) is 0 Å². The Morgan fingerprint density at radius 3 is 2.39 bits per heavy atom. The Bertz CT molecular complexity index is 1150. The van der Waals surface area contributed by atoms with E-state index in [-0.39, 0.29) is 37.8 Å². The molecule has 7 nitrogen and oxygen atoms in total. The second kappa shape index (κ2) is 7.67. The van der Waals surface area contributed by atoms with Gasteiger partial charge in [-0.05, 0) is 25.0 Å². The monoisotopic (exact) mass is 452 g/mol. The molecule has 2 aromatic heterocycles. The predicted molar refractivity (Wildman–Crippen MR) is 121 cm³/mol. The Kier molecular flexibility index (Phi) is 5.02. The molecule has 5 rings (SSSR count). The van der Waals surface area contributed by atoms with Gasteiger partial charge in [0.1, 0.15) is 11.6 Å². The fourth-order valence-corrected chi connectivity index (χ4v) is 4.77. The lowest BCUT2D eigenvalue weighted by Crippen LogP contribution is -2.40. The highest BCUT2D eigenvalue weighted by molar-refractivity contribution is 6.04. The third kappa shape index (κ3) is 3.79. The maximum atomic E-state index is 13.6. The van der Waals surface area contributed by atoms with Crippen LogP contribution < -0.4 is 9.80 Å². The summed E-state index contributed by atoms with van der Waals surface area (Å²) in [6, 6.07) is 0. The number of halogens is 2. The van der Waals surface area contributed by atoms with E-state index in [9.17, 15) is 13.6 Å². The van der Waals surface area contributed by atoms with Crippen molar-refractivity contribution in [2.75, 3.05) is 22.9 Å². The second-order valence-corrected chi connectivity index (χ2v) is 9.48. The summed E-state index contributed by atoms with van der Waals surface area (Å²) in [6.07, 6.45) is 11.1. The Labute approximate surface area is 191 Å². The highest BCUT2D eigenvalue weighted by Crippen LogP contribution is 2.50. The number of carbonyl (C=O) groups excluding carboxylic acids is 1. The molecule has 9 heteroatoms. The SMILES string of the molecule is Cc1ncc(C2=CCC3C(=C2)N(c2cncc(N4CCC(F)(F)CC4)n2)C(=O)C3(C)C)cn1. The molecule has 1 aliphatic carbocycles. The molecule has 0 saturated carbocycles. The van der Waals surface area contributed by atoms with Crippen molar-refractivity contribution in [3.63, 3.8) is 0 Å². The number of hydrogen-bond donors (Lipinski definition) is 0. The summed E-state index contributed by atoms with van der Waals surface area (Å²) in [5, 5.41) is 0. The van der Waals surface area contributed by atoms with Gasteiger partial charge in [-0.15, -0.1) is 0 Å². The summed E-state index contributed by atoms with van der Waals surface area (Å²) in [6.45, 7) is 6.15. The molecule has 0 N–H and O–H groups in total. The number of nitrogens with zero attached hydrogens (tertiary/aromatic N) is 6. The Hall–Kier alpha value is -3.23. The maximum Gasteiger partial charge on any atom is 0.251 e. The van der Waals surface area contributed by atoms with Crippen LogP contribution in [0.25, 0.3) is 5.57 Å². The Morgan fingerprint density at radius 2 is 1.70 bits per heavy atom. The van der Waals surface area contributed by atoms with Crippen LogP contribution in [-0.4, -0.2) is 44.9 Å². The molecule has 4 heterocycles. The number of alkyl halides is 2. The molecular weight excluding hydrogens is 426 g/mol. The van der Waals surface area contributed by atoms with Crippen molar-refractivity contribution in [1.29, 1.82) is 0 Å². The maximum absolute atomic E-state index is 13.6. The molecule has 2 aromatic rings. The van der Waals surface area contributed by atoms with E-state index >= 15 is 0 Å². The van der Waals surface area contributed by atoms with Crippen molar-refractivity contribution in [3.8, 4) is 0 Å². The smallest absolute Gasteiger partial charge is 0.251 e. The highest BCUT2D eigenvalue weighted by Gasteiger charge is 2.52. The lowest BCUT2D eigenvalue weighted by atomic mass is 9.75. The van der Waals surface area contributed by atoms with Crippen molar-refractivity contribution in [2.24, 2.45) is 11.3 Å². The van der Waals surface area contributed by atoms with E-state index < -0.39 is 11.3 Å². The third-order valence-corrected chi connectivity index (χ3v) is 6.89. The molecule has 33 heavy (non-hydrogen) atoms. The van der Waals surface area contributed by atoms with E-state index in [2.05, 4.69) is 26.0 Å². The van der Waals surface area contributed by atoms with Gasteiger partial charge in [0.15, 0.2) is 5.82 Å². The minimum Gasteiger partial charge on any atom is -0.355 e. The van der Waals surface area contributed by atoms with E-state index in [0.29, 0.717) is 23.9 Å². The first kappa shape index (κ1) is 21.6. The van der Waals surface area contributed by atoms with E-state index in [1.807, 2.05) is 26.8 Å². The number of aromatic nitrogens is 4. The zero-order valence-electron chi connectivity index (χ0n) is 18.9. The number of fused-ring (bicyclic) bond motifs is 1. The van der Waals surface area contributed by atoms with Gasteiger partial charge in [0.2, 0.25) is 5.91 Å². The number of carbonyl (C=O) groups is 1. The van der Waals surface area contributed by atoms with Gasteiger partial charge in [0, 0.05) is 55.5 Å². The molecule has 2 saturated heterocycles. The second-order valence-electron chi connectivity index (χ2n) is 9.48. The topological polar surface area (TPSA) is 75.1 Å². The summed E-state index contributed by atoms with van der Waals surface area (Å²) in [4.78, 5) is 34.5. The van der Waals surface area contributed by atoms with Crippen LogP contribution >= 0.6 is 0 Å². The molecule has 0 bridgehead atoms. The van der Waals surface area contributed by atoms with Gasteiger partial charge in [-0.1, -0.05) is 19.9 Å². The number of piperidine rings is 1. The lowest BCUT2D eigenvalue weighted by Gasteiger charge is -2.32. The van der Waals surface area contributed by atoms with Crippen molar-refractivity contribution in [1.82, 2.24) is 19.9 Å². The van der Waals surface area contributed by atoms with Crippen molar-refractivity contribution in [3.05, 3.63) is 54.0 Å². The van der Waals surface area contributed by atoms with Crippen LogP contribution in [0.4, 0.5) is 20.4 Å². The first-order valence-corrected chi connectivity index (χ1v) is 11.2. The number of allylic oxidation sites excluding steroid dienone is 4. The molecule has 0 radical (unpaired) electrons. The number of anilines is 2. The number of amides is 1. The number of aryl methyl sites for hydroxylation is 1. The van der Waals surface area contributed by atoms with Crippen LogP contribution in [0.3, 0.4) is 0 Å². The van der Waals surface area contributed by atoms with E-state index in [4.69, 9.17) is 0 Å². The van der Waals surface area contributed by atoms with Gasteiger partial charge >= 0.3 is 0 Å². The standard InChI is InChI=1S/C24H26F2N6O/c1-15-28-11-17(12-29-15)16-4-5-18-19(10-16)32(22(33)23(18,2)3)21-14-27-13-20(30-21)31-8-6-24(25,26)7-9-31/h4,10-14,18H,5-9H2,1-3H3. The zero-order chi connectivity index (χ0) is 23.4. The fourth-order valence-electron chi connectivity index (χ4n) is 4.77. The van der Waals surface area contributed by atoms with Gasteiger partial charge in [-0.2, -0.15) is 0 Å². The van der Waals surface area contributed by atoms with Gasteiger partial charge in [0.05, 0.1) is 17.8 Å². The molecular formula is C24H26F2N6O. The fraction of sp³-hybridized carbons (Fsp3) is 0.458. The highest BCUT2D eigenvalue weighted by atomic mass is 19.3. The van der Waals surface area contributed by atoms with Crippen LogP contribution in [0.15, 0.2) is 42.6 Å². The normalized spacial score (nSPS) is 23.8. The first-order valence-electron chi connectivity index (χ1n) is 11.2. The van der Waals surface area contributed by atoms with Crippen molar-refractivity contribution in [2.45, 2.75) is 46.0 Å². The molecule has 1 amide bonds. The predicted octanol–water partition coefficient (Wildman–Crippen LogP) is 4.17. The Balaban J connectivity index is 1.50. The van der Waals surface area contributed by atoms with Crippen LogP contribution in [-0.2, 0) is 4.79 Å². The zero-order valence-corrected chi connectivity index (χ0v) is 18.9. The van der Waals surface area contributed by atoms with Gasteiger partial charge in [0.25, 0.3) is 5.92 Å². The third-order valence-electron chi connectivity index (χ3n) is 6.89. The summed E-state index contributed by atoms with van der Waals surface area (Å²) in [5.41, 5.74) is 2.10. The van der Waals surface area contributed by atoms with Gasteiger partial charge in [-0.25, -0.2) is 23.7 Å². The van der Waals surface area contributed by atoms with Gasteiger partial charge in [-0.3, -0.25) is 14.7 Å². The van der Waals surface area contributed by atoms with Crippen LogP contribution in [0.5, 0.6) is 0 Å². The average Bonchev–Trinajstić information content (AvgIpc) is 2.99. The molecule has 3 aliphatic rings. The summed E-state index contributed by atoms with van der Waals surface area (Å²) in [7, 11) is 0. The lowest BCUT2D eigenvalue weighted by molar-refractivity contribution is -0.125. The molecule has 1 unspecified atom stereocenters. The summed E-state index contributed by atoms with van der Waals surface area (Å²) < 4.78 is 27.2. The largest absolute Gasteiger partial charge is 0.355 e. The number of rotatable bonds is 3. The molecule has 2 aliphatic heterocycles. The molecule has 172 valence electrons. The summed E-state index contributed by atoms with van der Waals surface area (Å²) >= 11 is 0. The van der Waals surface area contributed by atoms with Crippen LogP contribution in [0.1, 0.15) is 44.5 Å². The van der Waals surface area contributed by atoms with E-state index in [0.717, 1.165) is 16.8 Å². The molecule has 0 spiro atoms. The Morgan fingerprint density at radius 1 is 1.03 bits per heavy atom. The number of hydrogen-bond acceptors (Lipinski definition) is 6. The molecule has 0 aromatic carbocycles. The van der Waals surface area contributed by atoms with Crippen molar-refractivity contribution >= 4 is 23.1 Å². The van der Waals surface area contributed by atoms with E-state index in [1.165, 1.54) is 0 Å². The van der Waals surface area contributed by atoms with Crippen molar-refractivity contribution < 1.29 is 13.6 Å². The molecule has 1 atom stereocenters. The minimum atomic E-state index is -2.64. The average molecular weight is 453 g/mol. The molecule has 2 fully saturated rings. The quantitative estimate of drug-likeness (QED) is 0.696. The van der Waals surface area contributed by atoms with Crippen LogP contribution in [0, 0.1) is 18.3 Å². The minimum absolute atomic E-state index is 0.000693. The summed E-state index contributed by atoms with van der Waals surface area (Å²) in [5.74, 6) is -1.07.